The van der Waals surface area contributed by atoms with Crippen LogP contribution in [0.15, 0.2) is 46.3 Å². The molecule has 0 fully saturated rings. The number of amides is 1. The first-order chi connectivity index (χ1) is 12.0. The number of carbonyl (C=O) groups is 1. The molecule has 0 aliphatic heterocycles. The van der Waals surface area contributed by atoms with Crippen molar-refractivity contribution >= 4 is 34.1 Å². The van der Waals surface area contributed by atoms with Crippen molar-refractivity contribution in [3.8, 4) is 5.69 Å². The smallest absolute Gasteiger partial charge is 0.258 e. The molecule has 0 saturated heterocycles. The second-order valence-electron chi connectivity index (χ2n) is 5.15. The first-order valence-electron chi connectivity index (χ1n) is 7.42. The maximum absolute atomic E-state index is 12.4. The summed E-state index contributed by atoms with van der Waals surface area (Å²) in [6.07, 6.45) is 0. The third-order valence-corrected chi connectivity index (χ3v) is 4.83. The summed E-state index contributed by atoms with van der Waals surface area (Å²) in [6.45, 7) is 3.57. The van der Waals surface area contributed by atoms with E-state index < -0.39 is 0 Å². The van der Waals surface area contributed by atoms with Gasteiger partial charge in [0.25, 0.3) is 5.56 Å². The van der Waals surface area contributed by atoms with Gasteiger partial charge in [-0.1, -0.05) is 41.3 Å². The van der Waals surface area contributed by atoms with Gasteiger partial charge < -0.3 is 0 Å². The lowest BCUT2D eigenvalue weighted by Crippen LogP contribution is -2.22. The van der Waals surface area contributed by atoms with Gasteiger partial charge >= 0.3 is 0 Å². The van der Waals surface area contributed by atoms with Crippen molar-refractivity contribution in [1.29, 1.82) is 0 Å². The van der Waals surface area contributed by atoms with Crippen molar-refractivity contribution in [2.24, 2.45) is 0 Å². The summed E-state index contributed by atoms with van der Waals surface area (Å²) in [5.74, 6) is -0.113. The molecular weight excluding hydrogens is 358 g/mol. The summed E-state index contributed by atoms with van der Waals surface area (Å²) < 4.78 is 1.50. The summed E-state index contributed by atoms with van der Waals surface area (Å²) in [7, 11) is 0. The van der Waals surface area contributed by atoms with Crippen LogP contribution in [-0.4, -0.2) is 31.4 Å². The maximum Gasteiger partial charge on any atom is 0.258 e. The highest BCUT2D eigenvalue weighted by Gasteiger charge is 2.13. The monoisotopic (exact) mass is 373 g/mol. The summed E-state index contributed by atoms with van der Waals surface area (Å²) in [4.78, 5) is 28.9. The average Bonchev–Trinajstić information content (AvgIpc) is 2.98. The van der Waals surface area contributed by atoms with E-state index in [-0.39, 0.29) is 17.2 Å². The summed E-state index contributed by atoms with van der Waals surface area (Å²) in [6, 6.07) is 10.7. The quantitative estimate of drug-likeness (QED) is 0.546. The number of aromatic nitrogens is 4. The Bertz CT molecular complexity index is 953. The highest BCUT2D eigenvalue weighted by atomic mass is 32.2. The molecule has 0 bridgehead atoms. The van der Waals surface area contributed by atoms with Gasteiger partial charge in [0.05, 0.1) is 11.4 Å². The van der Waals surface area contributed by atoms with E-state index in [1.807, 2.05) is 37.3 Å². The first kappa shape index (κ1) is 17.3. The van der Waals surface area contributed by atoms with E-state index in [0.29, 0.717) is 21.7 Å². The summed E-state index contributed by atoms with van der Waals surface area (Å²) in [5, 5.41) is 12.1. The molecule has 0 spiro atoms. The van der Waals surface area contributed by atoms with Crippen LogP contribution in [0.5, 0.6) is 0 Å². The minimum absolute atomic E-state index is 0.112. The van der Waals surface area contributed by atoms with Crippen LogP contribution in [0.25, 0.3) is 5.69 Å². The van der Waals surface area contributed by atoms with Gasteiger partial charge in [0.2, 0.25) is 11.0 Å². The van der Waals surface area contributed by atoms with Crippen LogP contribution in [0.4, 0.5) is 5.13 Å². The number of rotatable bonds is 5. The Morgan fingerprint density at radius 1 is 1.24 bits per heavy atom. The molecule has 1 aromatic carbocycles. The molecular formula is C16H15N5O2S2. The molecule has 3 rings (SSSR count). The van der Waals surface area contributed by atoms with E-state index in [2.05, 4.69) is 20.5 Å². The molecule has 0 aliphatic carbocycles. The number of para-hydroxylation sites is 1. The van der Waals surface area contributed by atoms with Crippen LogP contribution in [0.1, 0.15) is 10.7 Å². The summed E-state index contributed by atoms with van der Waals surface area (Å²) in [5.41, 5.74) is 1.14. The average molecular weight is 373 g/mol. The van der Waals surface area contributed by atoms with Gasteiger partial charge in [0, 0.05) is 11.8 Å². The van der Waals surface area contributed by atoms with Gasteiger partial charge in [-0.2, -0.15) is 0 Å². The highest BCUT2D eigenvalue weighted by molar-refractivity contribution is 7.99. The molecule has 2 heterocycles. The molecule has 0 aliphatic rings. The van der Waals surface area contributed by atoms with Crippen molar-refractivity contribution in [1.82, 2.24) is 19.7 Å². The van der Waals surface area contributed by atoms with E-state index in [0.717, 1.165) is 5.01 Å². The van der Waals surface area contributed by atoms with E-state index in [9.17, 15) is 9.59 Å². The lowest BCUT2D eigenvalue weighted by molar-refractivity contribution is -0.113. The van der Waals surface area contributed by atoms with Crippen LogP contribution in [0.2, 0.25) is 0 Å². The molecule has 0 unspecified atom stereocenters. The predicted molar refractivity (Wildman–Crippen MR) is 98.6 cm³/mol. The number of nitrogens with one attached hydrogen (secondary N) is 1. The second-order valence-corrected chi connectivity index (χ2v) is 7.28. The molecule has 2 aromatic heterocycles. The molecule has 0 atom stereocenters. The molecule has 128 valence electrons. The fourth-order valence-corrected chi connectivity index (χ4v) is 3.59. The zero-order valence-electron chi connectivity index (χ0n) is 13.6. The fraction of sp³-hybridized carbons (Fsp3) is 0.188. The zero-order chi connectivity index (χ0) is 17.8. The topological polar surface area (TPSA) is 89.8 Å². The number of carbonyl (C=O) groups excluding carboxylic acids is 1. The van der Waals surface area contributed by atoms with Gasteiger partial charge in [0.15, 0.2) is 5.16 Å². The standard InChI is InChI=1S/C16H15N5O2S2/c1-10-8-14(23)21(12-6-4-3-5-7-12)16(17-10)24-9-13(22)18-15-20-19-11(2)25-15/h3-8H,9H2,1-2H3,(H,18,20,22). The van der Waals surface area contributed by atoms with Gasteiger partial charge in [-0.05, 0) is 26.0 Å². The Morgan fingerprint density at radius 3 is 2.68 bits per heavy atom. The van der Waals surface area contributed by atoms with Crippen LogP contribution in [0, 0.1) is 13.8 Å². The van der Waals surface area contributed by atoms with Crippen molar-refractivity contribution in [2.75, 3.05) is 11.1 Å². The minimum Gasteiger partial charge on any atom is -0.300 e. The van der Waals surface area contributed by atoms with Crippen molar-refractivity contribution < 1.29 is 4.79 Å². The lowest BCUT2D eigenvalue weighted by Gasteiger charge is -2.11. The molecule has 1 N–H and O–H groups in total. The first-order valence-corrected chi connectivity index (χ1v) is 9.22. The normalized spacial score (nSPS) is 10.6. The van der Waals surface area contributed by atoms with Crippen LogP contribution in [0.3, 0.4) is 0 Å². The third kappa shape index (κ3) is 4.31. The van der Waals surface area contributed by atoms with Crippen molar-refractivity contribution in [2.45, 2.75) is 19.0 Å². The van der Waals surface area contributed by atoms with Crippen molar-refractivity contribution in [3.05, 3.63) is 57.5 Å². The number of thioether (sulfide) groups is 1. The SMILES string of the molecule is Cc1cc(=O)n(-c2ccccc2)c(SCC(=O)Nc2nnc(C)s2)n1. The fourth-order valence-electron chi connectivity index (χ4n) is 2.11. The van der Waals surface area contributed by atoms with Gasteiger partial charge in [-0.3, -0.25) is 19.5 Å². The second kappa shape index (κ2) is 7.58. The summed E-state index contributed by atoms with van der Waals surface area (Å²) >= 11 is 2.51. The van der Waals surface area contributed by atoms with E-state index in [1.165, 1.54) is 33.7 Å². The Hall–Kier alpha value is -2.52. The van der Waals surface area contributed by atoms with Gasteiger partial charge in [0.1, 0.15) is 5.01 Å². The molecule has 9 heteroatoms. The zero-order valence-corrected chi connectivity index (χ0v) is 15.2. The number of benzene rings is 1. The molecule has 3 aromatic rings. The number of anilines is 1. The molecule has 0 radical (unpaired) electrons. The lowest BCUT2D eigenvalue weighted by atomic mass is 10.3. The Labute approximate surface area is 152 Å². The number of hydrogen-bond acceptors (Lipinski definition) is 7. The van der Waals surface area contributed by atoms with Crippen LogP contribution >= 0.6 is 23.1 Å². The Morgan fingerprint density at radius 2 is 2.00 bits per heavy atom. The predicted octanol–water partition coefficient (Wildman–Crippen LogP) is 2.43. The number of aryl methyl sites for hydroxylation is 2. The number of hydrogen-bond donors (Lipinski definition) is 1. The molecule has 7 nitrogen and oxygen atoms in total. The van der Waals surface area contributed by atoms with Crippen LogP contribution < -0.4 is 10.9 Å². The van der Waals surface area contributed by atoms with Crippen LogP contribution in [-0.2, 0) is 4.79 Å². The van der Waals surface area contributed by atoms with E-state index >= 15 is 0 Å². The molecule has 0 saturated carbocycles. The van der Waals surface area contributed by atoms with E-state index in [1.54, 1.807) is 6.92 Å². The van der Waals surface area contributed by atoms with Gasteiger partial charge in [-0.25, -0.2) is 4.98 Å². The Balaban J connectivity index is 1.80. The molecule has 25 heavy (non-hydrogen) atoms. The van der Waals surface area contributed by atoms with Crippen molar-refractivity contribution in [3.63, 3.8) is 0 Å². The highest BCUT2D eigenvalue weighted by Crippen LogP contribution is 2.19. The van der Waals surface area contributed by atoms with Gasteiger partial charge in [-0.15, -0.1) is 10.2 Å². The number of nitrogens with zero attached hydrogens (tertiary/aromatic N) is 4. The largest absolute Gasteiger partial charge is 0.300 e. The van der Waals surface area contributed by atoms with E-state index in [4.69, 9.17) is 0 Å². The third-order valence-electron chi connectivity index (χ3n) is 3.14. The minimum atomic E-state index is -0.225. The Kier molecular flexibility index (Phi) is 5.25. The molecule has 1 amide bonds. The maximum atomic E-state index is 12.4.